The van der Waals surface area contributed by atoms with Gasteiger partial charge in [-0.2, -0.15) is 0 Å². The molecule has 0 aliphatic heterocycles. The van der Waals surface area contributed by atoms with Gasteiger partial charge in [0, 0.05) is 32.0 Å². The van der Waals surface area contributed by atoms with Crippen LogP contribution >= 0.6 is 0 Å². The lowest BCUT2D eigenvalue weighted by molar-refractivity contribution is -0.125. The average molecular weight is 319 g/mol. The van der Waals surface area contributed by atoms with Crippen molar-refractivity contribution in [1.82, 2.24) is 16.0 Å². The molecule has 0 radical (unpaired) electrons. The highest BCUT2D eigenvalue weighted by Crippen LogP contribution is 2.06. The monoisotopic (exact) mass is 319 g/mol. The van der Waals surface area contributed by atoms with Crippen molar-refractivity contribution in [3.63, 3.8) is 0 Å². The highest BCUT2D eigenvalue weighted by molar-refractivity contribution is 5.80. The molecule has 0 fully saturated rings. The first-order valence-corrected chi connectivity index (χ1v) is 8.42. The molecule has 2 amide bonds. The van der Waals surface area contributed by atoms with Crippen LogP contribution in [0.3, 0.4) is 0 Å². The predicted octanol–water partition coefficient (Wildman–Crippen LogP) is 1.83. The van der Waals surface area contributed by atoms with E-state index in [4.69, 9.17) is 0 Å². The third-order valence-electron chi connectivity index (χ3n) is 3.61. The molecule has 5 nitrogen and oxygen atoms in total. The van der Waals surface area contributed by atoms with Crippen molar-refractivity contribution in [1.29, 1.82) is 0 Å². The molecule has 0 aromatic heterocycles. The summed E-state index contributed by atoms with van der Waals surface area (Å²) in [6.45, 7) is 6.88. The van der Waals surface area contributed by atoms with Crippen LogP contribution < -0.4 is 16.0 Å². The number of benzene rings is 1. The van der Waals surface area contributed by atoms with Crippen molar-refractivity contribution in [2.24, 2.45) is 5.92 Å². The molecule has 1 rings (SSSR count). The van der Waals surface area contributed by atoms with Crippen LogP contribution in [0.1, 0.15) is 38.7 Å². The summed E-state index contributed by atoms with van der Waals surface area (Å²) in [4.78, 5) is 23.7. The second-order valence-corrected chi connectivity index (χ2v) is 5.74. The van der Waals surface area contributed by atoms with Crippen LogP contribution in [-0.4, -0.2) is 31.4 Å². The van der Waals surface area contributed by atoms with E-state index in [0.717, 1.165) is 25.1 Å². The van der Waals surface area contributed by atoms with Gasteiger partial charge in [0.05, 0.1) is 0 Å². The summed E-state index contributed by atoms with van der Waals surface area (Å²) in [5.74, 6) is -0.167. The van der Waals surface area contributed by atoms with E-state index >= 15 is 0 Å². The SMILES string of the molecule is CCCNCCNC(=O)CCC(C)C(=O)NCc1ccccc1. The molecule has 5 heteroatoms. The van der Waals surface area contributed by atoms with Crippen LogP contribution in [0.15, 0.2) is 30.3 Å². The van der Waals surface area contributed by atoms with Crippen molar-refractivity contribution in [2.75, 3.05) is 19.6 Å². The molecule has 3 N–H and O–H groups in total. The van der Waals surface area contributed by atoms with Gasteiger partial charge in [0.25, 0.3) is 0 Å². The highest BCUT2D eigenvalue weighted by atomic mass is 16.2. The Balaban J connectivity index is 2.13. The van der Waals surface area contributed by atoms with E-state index in [1.54, 1.807) is 0 Å². The fourth-order valence-electron chi connectivity index (χ4n) is 2.12. The molecule has 1 aromatic rings. The van der Waals surface area contributed by atoms with Crippen LogP contribution in [0.25, 0.3) is 0 Å². The second kappa shape index (κ2) is 11.7. The molecule has 0 aliphatic rings. The van der Waals surface area contributed by atoms with Crippen LogP contribution in [0.5, 0.6) is 0 Å². The molecule has 0 saturated heterocycles. The van der Waals surface area contributed by atoms with Crippen LogP contribution in [0.4, 0.5) is 0 Å². The summed E-state index contributed by atoms with van der Waals surface area (Å²) >= 11 is 0. The minimum absolute atomic E-state index is 0.00556. The van der Waals surface area contributed by atoms with Crippen molar-refractivity contribution in [2.45, 2.75) is 39.7 Å². The minimum Gasteiger partial charge on any atom is -0.355 e. The molecule has 128 valence electrons. The molecule has 0 saturated carbocycles. The maximum absolute atomic E-state index is 12.0. The zero-order valence-corrected chi connectivity index (χ0v) is 14.2. The molecule has 0 bridgehead atoms. The molecule has 0 spiro atoms. The summed E-state index contributed by atoms with van der Waals surface area (Å²) in [5.41, 5.74) is 1.07. The number of nitrogens with one attached hydrogen (secondary N) is 3. The Morgan fingerprint density at radius 3 is 2.48 bits per heavy atom. The third kappa shape index (κ3) is 8.98. The first-order chi connectivity index (χ1) is 11.1. The summed E-state index contributed by atoms with van der Waals surface area (Å²) in [6.07, 6.45) is 2.03. The maximum atomic E-state index is 12.0. The number of hydrogen-bond acceptors (Lipinski definition) is 3. The summed E-state index contributed by atoms with van der Waals surface area (Å²) in [5, 5.41) is 9.00. The van der Waals surface area contributed by atoms with Gasteiger partial charge in [0.15, 0.2) is 0 Å². The van der Waals surface area contributed by atoms with Gasteiger partial charge in [-0.15, -0.1) is 0 Å². The lowest BCUT2D eigenvalue weighted by Gasteiger charge is -2.12. The maximum Gasteiger partial charge on any atom is 0.223 e. The normalized spacial score (nSPS) is 11.7. The molecular weight excluding hydrogens is 290 g/mol. The fraction of sp³-hybridized carbons (Fsp3) is 0.556. The summed E-state index contributed by atoms with van der Waals surface area (Å²) in [7, 11) is 0. The van der Waals surface area contributed by atoms with E-state index < -0.39 is 0 Å². The lowest BCUT2D eigenvalue weighted by atomic mass is 10.0. The lowest BCUT2D eigenvalue weighted by Crippen LogP contribution is -2.33. The minimum atomic E-state index is -0.164. The predicted molar refractivity (Wildman–Crippen MR) is 92.9 cm³/mol. The Morgan fingerprint density at radius 2 is 1.78 bits per heavy atom. The van der Waals surface area contributed by atoms with E-state index in [1.165, 1.54) is 0 Å². The van der Waals surface area contributed by atoms with Crippen LogP contribution in [-0.2, 0) is 16.1 Å². The Labute approximate surface area is 139 Å². The van der Waals surface area contributed by atoms with Gasteiger partial charge < -0.3 is 16.0 Å². The van der Waals surface area contributed by atoms with E-state index in [1.807, 2.05) is 37.3 Å². The Hall–Kier alpha value is -1.88. The van der Waals surface area contributed by atoms with Gasteiger partial charge in [0.2, 0.25) is 11.8 Å². The number of rotatable bonds is 11. The number of hydrogen-bond donors (Lipinski definition) is 3. The molecular formula is C18H29N3O2. The van der Waals surface area contributed by atoms with E-state index in [0.29, 0.717) is 25.9 Å². The average Bonchev–Trinajstić information content (AvgIpc) is 2.58. The quantitative estimate of drug-likeness (QED) is 0.545. The molecule has 0 aliphatic carbocycles. The Morgan fingerprint density at radius 1 is 1.04 bits per heavy atom. The zero-order chi connectivity index (χ0) is 16.9. The molecule has 1 aromatic carbocycles. The Kier molecular flexibility index (Phi) is 9.71. The van der Waals surface area contributed by atoms with Gasteiger partial charge in [-0.1, -0.05) is 44.2 Å². The van der Waals surface area contributed by atoms with Crippen molar-refractivity contribution in [3.05, 3.63) is 35.9 Å². The Bertz CT molecular complexity index is 463. The van der Waals surface area contributed by atoms with Crippen LogP contribution in [0.2, 0.25) is 0 Å². The van der Waals surface area contributed by atoms with Gasteiger partial charge in [0.1, 0.15) is 0 Å². The van der Waals surface area contributed by atoms with Crippen molar-refractivity contribution < 1.29 is 9.59 Å². The van der Waals surface area contributed by atoms with Gasteiger partial charge in [-0.3, -0.25) is 9.59 Å². The van der Waals surface area contributed by atoms with Crippen molar-refractivity contribution in [3.8, 4) is 0 Å². The van der Waals surface area contributed by atoms with Gasteiger partial charge in [-0.05, 0) is 24.9 Å². The van der Waals surface area contributed by atoms with E-state index in [-0.39, 0.29) is 17.7 Å². The highest BCUT2D eigenvalue weighted by Gasteiger charge is 2.14. The fourth-order valence-corrected chi connectivity index (χ4v) is 2.12. The van der Waals surface area contributed by atoms with E-state index in [9.17, 15) is 9.59 Å². The summed E-state index contributed by atoms with van der Waals surface area (Å²) < 4.78 is 0. The number of carbonyl (C=O) groups is 2. The first-order valence-electron chi connectivity index (χ1n) is 8.42. The largest absolute Gasteiger partial charge is 0.355 e. The van der Waals surface area contributed by atoms with E-state index in [2.05, 4.69) is 22.9 Å². The van der Waals surface area contributed by atoms with Crippen molar-refractivity contribution >= 4 is 11.8 Å². The number of amides is 2. The van der Waals surface area contributed by atoms with Gasteiger partial charge >= 0.3 is 0 Å². The molecule has 1 atom stereocenters. The number of carbonyl (C=O) groups excluding carboxylic acids is 2. The van der Waals surface area contributed by atoms with Crippen LogP contribution in [0, 0.1) is 5.92 Å². The molecule has 23 heavy (non-hydrogen) atoms. The smallest absolute Gasteiger partial charge is 0.223 e. The molecule has 1 unspecified atom stereocenters. The molecule has 0 heterocycles. The standard InChI is InChI=1S/C18H29N3O2/c1-3-11-19-12-13-20-17(22)10-9-15(2)18(23)21-14-16-7-5-4-6-8-16/h4-8,15,19H,3,9-14H2,1-2H3,(H,20,22)(H,21,23). The van der Waals surface area contributed by atoms with Gasteiger partial charge in [-0.25, -0.2) is 0 Å². The third-order valence-corrected chi connectivity index (χ3v) is 3.61. The second-order valence-electron chi connectivity index (χ2n) is 5.74. The first kappa shape index (κ1) is 19.2. The topological polar surface area (TPSA) is 70.2 Å². The zero-order valence-electron chi connectivity index (χ0n) is 14.2. The summed E-state index contributed by atoms with van der Waals surface area (Å²) in [6, 6.07) is 9.80.